The normalized spacial score (nSPS) is 10.5. The van der Waals surface area contributed by atoms with E-state index in [1.807, 2.05) is 72.8 Å². The summed E-state index contributed by atoms with van der Waals surface area (Å²) in [4.78, 5) is 22.7. The molecule has 186 valence electrons. The van der Waals surface area contributed by atoms with Crippen LogP contribution < -0.4 is 9.47 Å². The summed E-state index contributed by atoms with van der Waals surface area (Å²) in [6.07, 6.45) is 0. The fourth-order valence-corrected chi connectivity index (χ4v) is 4.02. The summed E-state index contributed by atoms with van der Waals surface area (Å²) in [5, 5.41) is 18.6. The van der Waals surface area contributed by atoms with Crippen LogP contribution in [0.5, 0.6) is 23.0 Å². The molecule has 6 nitrogen and oxygen atoms in total. The van der Waals surface area contributed by atoms with Crippen molar-refractivity contribution in [1.82, 2.24) is 0 Å². The number of carbonyl (C=O) groups is 2. The maximum atomic E-state index is 11.3. The van der Waals surface area contributed by atoms with Crippen LogP contribution in [0.2, 0.25) is 0 Å². The molecule has 0 heterocycles. The number of carboxylic acids is 2. The lowest BCUT2D eigenvalue weighted by molar-refractivity contribution is 0.0686. The van der Waals surface area contributed by atoms with E-state index in [9.17, 15) is 19.8 Å². The van der Waals surface area contributed by atoms with Crippen LogP contribution in [0.3, 0.4) is 0 Å². The first kappa shape index (κ1) is 24.3. The Labute approximate surface area is 219 Å². The van der Waals surface area contributed by atoms with Crippen molar-refractivity contribution in [3.63, 3.8) is 0 Å². The number of rotatable bonds is 8. The fraction of sp³-hybridized carbons (Fsp3) is 0. The summed E-state index contributed by atoms with van der Waals surface area (Å²) in [6, 6.07) is 35.6. The molecule has 0 fully saturated rings. The Morgan fingerprint density at radius 2 is 0.789 bits per heavy atom. The third-order valence-electron chi connectivity index (χ3n) is 5.92. The zero-order valence-electron chi connectivity index (χ0n) is 20.1. The molecule has 0 spiro atoms. The lowest BCUT2D eigenvalue weighted by Gasteiger charge is -2.20. The Kier molecular flexibility index (Phi) is 6.87. The van der Waals surface area contributed by atoms with E-state index < -0.39 is 11.9 Å². The van der Waals surface area contributed by atoms with E-state index in [1.54, 1.807) is 24.3 Å². The first-order chi connectivity index (χ1) is 18.5. The molecule has 5 aromatic carbocycles. The van der Waals surface area contributed by atoms with Crippen molar-refractivity contribution in [1.29, 1.82) is 0 Å². The smallest absolute Gasteiger partial charge is 0.335 e. The van der Waals surface area contributed by atoms with E-state index in [4.69, 9.17) is 9.47 Å². The third kappa shape index (κ3) is 5.24. The molecule has 0 aliphatic rings. The first-order valence-corrected chi connectivity index (χ1v) is 11.8. The van der Waals surface area contributed by atoms with Crippen LogP contribution in [0.15, 0.2) is 121 Å². The standard InChI is InChI=1S/C32H22O6/c33-31(34)23-11-15-25(16-12-23)37-29-27(21-7-3-1-4-8-21)19-20-28(22-9-5-2-6-10-22)30(29)38-26-17-13-24(14-18-26)32(35)36/h1-20H,(H,33,34)(H,35,36). The lowest BCUT2D eigenvalue weighted by atomic mass is 9.97. The summed E-state index contributed by atoms with van der Waals surface area (Å²) in [5.41, 5.74) is 3.63. The molecule has 5 aromatic rings. The Balaban J connectivity index is 1.69. The molecule has 0 radical (unpaired) electrons. The minimum Gasteiger partial charge on any atom is -0.478 e. The molecule has 0 amide bonds. The minimum absolute atomic E-state index is 0.147. The van der Waals surface area contributed by atoms with E-state index in [2.05, 4.69) is 0 Å². The van der Waals surface area contributed by atoms with Gasteiger partial charge in [0.2, 0.25) is 0 Å². The highest BCUT2D eigenvalue weighted by Gasteiger charge is 2.21. The van der Waals surface area contributed by atoms with Gasteiger partial charge in [-0.1, -0.05) is 60.7 Å². The van der Waals surface area contributed by atoms with E-state index in [0.717, 1.165) is 22.3 Å². The summed E-state index contributed by atoms with van der Waals surface area (Å²) in [6.45, 7) is 0. The van der Waals surface area contributed by atoms with Gasteiger partial charge in [0, 0.05) is 11.1 Å². The van der Waals surface area contributed by atoms with Crippen molar-refractivity contribution >= 4 is 11.9 Å². The van der Waals surface area contributed by atoms with E-state index >= 15 is 0 Å². The quantitative estimate of drug-likeness (QED) is 0.223. The van der Waals surface area contributed by atoms with Crippen LogP contribution in [0.1, 0.15) is 20.7 Å². The predicted molar refractivity (Wildman–Crippen MR) is 144 cm³/mol. The molecule has 0 aliphatic carbocycles. The predicted octanol–water partition coefficient (Wildman–Crippen LogP) is 8.00. The monoisotopic (exact) mass is 502 g/mol. The number of benzene rings is 5. The summed E-state index contributed by atoms with van der Waals surface area (Å²) in [7, 11) is 0. The van der Waals surface area contributed by atoms with Gasteiger partial charge >= 0.3 is 11.9 Å². The van der Waals surface area contributed by atoms with Gasteiger partial charge in [-0.2, -0.15) is 0 Å². The number of hydrogen-bond acceptors (Lipinski definition) is 4. The molecule has 2 N–H and O–H groups in total. The Morgan fingerprint density at radius 3 is 1.11 bits per heavy atom. The van der Waals surface area contributed by atoms with Crippen LogP contribution in [-0.2, 0) is 0 Å². The topological polar surface area (TPSA) is 93.1 Å². The largest absolute Gasteiger partial charge is 0.478 e. The molecular formula is C32H22O6. The molecule has 0 aromatic heterocycles. The Morgan fingerprint density at radius 1 is 0.447 bits per heavy atom. The molecule has 0 bridgehead atoms. The van der Waals surface area contributed by atoms with E-state index in [0.29, 0.717) is 23.0 Å². The Hall–Kier alpha value is -5.36. The van der Waals surface area contributed by atoms with Gasteiger partial charge in [0.05, 0.1) is 11.1 Å². The minimum atomic E-state index is -1.03. The van der Waals surface area contributed by atoms with Crippen molar-refractivity contribution in [3.05, 3.63) is 132 Å². The molecule has 6 heteroatoms. The molecule has 38 heavy (non-hydrogen) atoms. The third-order valence-corrected chi connectivity index (χ3v) is 5.92. The van der Waals surface area contributed by atoms with Crippen LogP contribution in [0, 0.1) is 0 Å². The highest BCUT2D eigenvalue weighted by atomic mass is 16.5. The van der Waals surface area contributed by atoms with Gasteiger partial charge in [-0.15, -0.1) is 0 Å². The Bertz CT molecular complexity index is 1450. The molecule has 0 unspecified atom stereocenters. The highest BCUT2D eigenvalue weighted by molar-refractivity contribution is 5.88. The highest BCUT2D eigenvalue weighted by Crippen LogP contribution is 2.48. The molecule has 0 atom stereocenters. The first-order valence-electron chi connectivity index (χ1n) is 11.8. The van der Waals surface area contributed by atoms with Crippen LogP contribution in [0.25, 0.3) is 22.3 Å². The molecule has 0 saturated heterocycles. The maximum absolute atomic E-state index is 11.3. The second-order valence-corrected chi connectivity index (χ2v) is 8.41. The van der Waals surface area contributed by atoms with Crippen molar-refractivity contribution < 1.29 is 29.3 Å². The van der Waals surface area contributed by atoms with Crippen LogP contribution in [-0.4, -0.2) is 22.2 Å². The summed E-state index contributed by atoms with van der Waals surface area (Å²) >= 11 is 0. The fourth-order valence-electron chi connectivity index (χ4n) is 4.02. The molecular weight excluding hydrogens is 480 g/mol. The van der Waals surface area contributed by atoms with Gasteiger partial charge in [0.15, 0.2) is 11.5 Å². The van der Waals surface area contributed by atoms with Gasteiger partial charge < -0.3 is 19.7 Å². The van der Waals surface area contributed by atoms with Crippen LogP contribution >= 0.6 is 0 Å². The molecule has 5 rings (SSSR count). The average molecular weight is 503 g/mol. The zero-order valence-corrected chi connectivity index (χ0v) is 20.1. The lowest BCUT2D eigenvalue weighted by Crippen LogP contribution is -1.99. The average Bonchev–Trinajstić information content (AvgIpc) is 2.95. The molecule has 0 saturated carbocycles. The van der Waals surface area contributed by atoms with Crippen molar-refractivity contribution in [2.24, 2.45) is 0 Å². The SMILES string of the molecule is O=C(O)c1ccc(Oc2c(-c3ccccc3)ccc(-c3ccccc3)c2Oc2ccc(C(=O)O)cc2)cc1. The van der Waals surface area contributed by atoms with E-state index in [-0.39, 0.29) is 11.1 Å². The summed E-state index contributed by atoms with van der Waals surface area (Å²) < 4.78 is 12.8. The zero-order chi connectivity index (χ0) is 26.5. The second-order valence-electron chi connectivity index (χ2n) is 8.41. The van der Waals surface area contributed by atoms with Crippen molar-refractivity contribution in [3.8, 4) is 45.3 Å². The van der Waals surface area contributed by atoms with Gasteiger partial charge in [0.25, 0.3) is 0 Å². The number of ether oxygens (including phenoxy) is 2. The second kappa shape index (κ2) is 10.7. The summed E-state index contributed by atoms with van der Waals surface area (Å²) in [5.74, 6) is -0.319. The van der Waals surface area contributed by atoms with Gasteiger partial charge in [-0.05, 0) is 71.8 Å². The van der Waals surface area contributed by atoms with Gasteiger partial charge in [0.1, 0.15) is 11.5 Å². The number of carboxylic acid groups (broad SMARTS) is 2. The molecule has 0 aliphatic heterocycles. The van der Waals surface area contributed by atoms with Crippen molar-refractivity contribution in [2.75, 3.05) is 0 Å². The van der Waals surface area contributed by atoms with Crippen LogP contribution in [0.4, 0.5) is 0 Å². The van der Waals surface area contributed by atoms with Gasteiger partial charge in [-0.25, -0.2) is 9.59 Å². The van der Waals surface area contributed by atoms with Crippen molar-refractivity contribution in [2.45, 2.75) is 0 Å². The van der Waals surface area contributed by atoms with E-state index in [1.165, 1.54) is 24.3 Å². The number of aromatic carboxylic acids is 2. The maximum Gasteiger partial charge on any atom is 0.335 e. The van der Waals surface area contributed by atoms with Gasteiger partial charge in [-0.3, -0.25) is 0 Å². The number of hydrogen-bond donors (Lipinski definition) is 2.